The zero-order chi connectivity index (χ0) is 84.0. The van der Waals surface area contributed by atoms with Gasteiger partial charge in [-0.2, -0.15) is 0 Å². The Hall–Kier alpha value is 19.5. The van der Waals surface area contributed by atoms with Crippen LogP contribution in [0.5, 0.6) is 0 Å². The molecule has 0 bridgehead atoms. The highest BCUT2D eigenvalue weighted by Gasteiger charge is 2.05. The van der Waals surface area contributed by atoms with Gasteiger partial charge in [0.05, 0.1) is 0 Å². The van der Waals surface area contributed by atoms with E-state index in [1.54, 1.807) is 107 Å². The number of hydrogen-bond acceptors (Lipinski definition) is 2. The quantitative estimate of drug-likeness (QED) is 0.276. The highest BCUT2D eigenvalue weighted by molar-refractivity contribution is 8.87. The number of aromatic amines is 1. The van der Waals surface area contributed by atoms with E-state index in [4.69, 9.17) is 22.4 Å². The Balaban J connectivity index is 0.00000208. The van der Waals surface area contributed by atoms with Gasteiger partial charge in [-0.3, -0.25) is 0 Å². The molecule has 0 atom stereocenters. The van der Waals surface area contributed by atoms with E-state index >= 15 is 0 Å². The fraction of sp³-hybridized carbons (Fsp3) is 0.0526. The van der Waals surface area contributed by atoms with Gasteiger partial charge in [0.15, 0.2) is 0 Å². The van der Waals surface area contributed by atoms with Gasteiger partial charge >= 0.3 is 0 Å². The summed E-state index contributed by atoms with van der Waals surface area (Å²) in [6.07, 6.45) is 0. The number of para-hydroxylation sites is 1. The average molecular weight is 3470 g/mol. The van der Waals surface area contributed by atoms with Crippen LogP contribution in [0.4, 0.5) is 0 Å². The summed E-state index contributed by atoms with van der Waals surface area (Å²) in [7, 11) is 177. The van der Waals surface area contributed by atoms with Crippen molar-refractivity contribution in [3.8, 4) is 11.1 Å². The van der Waals surface area contributed by atoms with Crippen LogP contribution in [0, 0.1) is 0 Å². The van der Waals surface area contributed by atoms with E-state index in [1.807, 2.05) is 752 Å². The third-order valence-electron chi connectivity index (χ3n) is 6.31. The minimum Gasteiger partial charge on any atom is -0.355 e. The van der Waals surface area contributed by atoms with Crippen molar-refractivity contribution in [3.05, 3.63) is 72.8 Å². The molecule has 0 saturated carbocycles. The molecular weight excluding hydrogens is 3450 g/mol. The number of benzene rings is 3. The molecule has 0 spiro atoms. The molecule has 0 saturated heterocycles. The molecule has 4 aromatic rings. The average Bonchev–Trinajstić information content (AvgIpc) is 1.64. The lowest BCUT2D eigenvalue weighted by atomic mass is 10.0. The predicted octanol–water partition coefficient (Wildman–Crippen LogP) is 5.38. The molecule has 698 valence electrons. The zero-order valence-corrected chi connectivity index (χ0v) is 133. The molecule has 120 heavy (non-hydrogen) atoms. The van der Waals surface area contributed by atoms with Crippen LogP contribution in [0.3, 0.4) is 0 Å². The van der Waals surface area contributed by atoms with Crippen molar-refractivity contribution in [3.63, 3.8) is 0 Å². The maximum Gasteiger partial charge on any atom is 0.0465 e. The maximum absolute atomic E-state index is 4.83. The first-order valence-electron chi connectivity index (χ1n) is 23.0. The molecule has 3 aromatic carbocycles. The molecule has 0 aliphatic rings. The number of nitrogens with one attached hydrogen (secondary N) is 1. The van der Waals surface area contributed by atoms with E-state index in [2.05, 4.69) is 71.7 Å². The van der Waals surface area contributed by atoms with Crippen LogP contribution in [0.2, 0.25) is 0 Å². The summed E-state index contributed by atoms with van der Waals surface area (Å²) >= 11 is 9.66. The lowest BCUT2D eigenvalue weighted by Gasteiger charge is -2.01. The van der Waals surface area contributed by atoms with Crippen LogP contribution in [-0.4, -0.2) is 4.98 Å². The van der Waals surface area contributed by atoms with E-state index < -0.39 is 0 Å². The van der Waals surface area contributed by atoms with E-state index in [0.29, 0.717) is 0 Å². The number of fused-ring (bicyclic) bond motifs is 3. The summed E-state index contributed by atoms with van der Waals surface area (Å²) in [6, 6.07) is 25.6. The van der Waals surface area contributed by atoms with E-state index in [1.165, 1.54) is 50.7 Å². The van der Waals surface area contributed by atoms with Crippen molar-refractivity contribution < 1.29 is 0 Å². The van der Waals surface area contributed by atoms with Crippen LogP contribution in [-0.2, 0) is 893 Å². The molecule has 101 heteroatoms. The van der Waals surface area contributed by atoms with Crippen molar-refractivity contribution in [2.24, 2.45) is 0 Å². The molecule has 1 heterocycles. The van der Waals surface area contributed by atoms with Crippen molar-refractivity contribution in [2.75, 3.05) is 0 Å². The first-order chi connectivity index (χ1) is 59.3. The molecule has 1 aromatic heterocycles. The summed E-state index contributed by atoms with van der Waals surface area (Å²) in [6.45, 7) is 0. The summed E-state index contributed by atoms with van der Waals surface area (Å²) in [5.74, 6) is 0. The van der Waals surface area contributed by atoms with E-state index in [9.17, 15) is 0 Å². The van der Waals surface area contributed by atoms with Crippen LogP contribution in [0.25, 0.3) is 32.9 Å². The minimum absolute atomic E-state index is 0. The van der Waals surface area contributed by atoms with Crippen LogP contribution >= 0.6 is 0 Å². The standard InChI is InChI=1S/C18H13N.CH4.S100/c1-2-6-13(7-3-1)14-10-11-18-16(12-14)15-8-4-5-9-17(15)19-18;;1-3-5-7-9-11-13-15-17-19-21-23-25-27-29-31-33-35-37-39-41-43-45-47-49-51-53-55-57-59-61-63-65-67-69-71-73-75-77-79-81-83-85-87-89-91-93-95-97-99-100-98-96-94-92-90-88-86-84-82-80-78-76-74-72-70-68-66-64-62-60-58-56-54-52-50-48-46-44-42-40-38-36-34-32-30-28-26-24-22-20-18-16-14-12-10-8-6-4-2/h1-12,19H;1H4;. The summed E-state index contributed by atoms with van der Waals surface area (Å²) in [4.78, 5) is 3.46. The molecule has 1 nitrogen and oxygen atoms in total. The highest BCUT2D eigenvalue weighted by Crippen LogP contribution is 2.29. The number of rotatable bonds is 1. The van der Waals surface area contributed by atoms with Gasteiger partial charge in [-0.25, -0.2) is 0 Å². The second kappa shape index (κ2) is 119. The van der Waals surface area contributed by atoms with Crippen LogP contribution in [0.15, 0.2) is 72.8 Å². The Bertz CT molecular complexity index is 9080. The molecule has 0 aliphatic heterocycles. The number of hydrogen-bond donors (Lipinski definition) is 1. The Morgan fingerprint density at radius 2 is 0.275 bits per heavy atom. The van der Waals surface area contributed by atoms with Gasteiger partial charge in [-0.05, 0) is 29.3 Å². The zero-order valence-electron chi connectivity index (χ0n) is 51.3. The Morgan fingerprint density at radius 3 is 0.442 bits per heavy atom. The maximum atomic E-state index is 4.83. The lowest BCUT2D eigenvalue weighted by Crippen LogP contribution is -1.76. The Labute approximate surface area is 981 Å². The van der Waals surface area contributed by atoms with Gasteiger partial charge in [0.25, 0.3) is 0 Å². The van der Waals surface area contributed by atoms with Gasteiger partial charge in [0.2, 0.25) is 0 Å². The molecule has 0 radical (unpaired) electrons. The first-order valence-corrected chi connectivity index (χ1v) is 155. The van der Waals surface area contributed by atoms with Gasteiger partial charge in [0.1, 0.15) is 0 Å². The summed E-state index contributed by atoms with van der Waals surface area (Å²) in [5, 5.41) is 2.58. The van der Waals surface area contributed by atoms with Gasteiger partial charge in [0, 0.05) is 914 Å². The van der Waals surface area contributed by atoms with E-state index in [-0.39, 0.29) is 7.43 Å². The topological polar surface area (TPSA) is 15.8 Å². The fourth-order valence-electron chi connectivity index (χ4n) is 3.75. The molecule has 0 fully saturated rings. The van der Waals surface area contributed by atoms with Gasteiger partial charge in [-0.1, -0.05) is 62.0 Å². The normalized spacial score (nSPS) is 8.33. The van der Waals surface area contributed by atoms with Gasteiger partial charge < -0.3 is 4.98 Å². The first kappa shape index (κ1) is 136. The number of aromatic nitrogens is 1. The minimum atomic E-state index is 0. The van der Waals surface area contributed by atoms with E-state index in [0.717, 1.165) is 0 Å². The molecule has 0 aliphatic carbocycles. The Kier molecular flexibility index (Phi) is 134. The van der Waals surface area contributed by atoms with Crippen molar-refractivity contribution in [2.45, 2.75) is 7.43 Å². The third-order valence-corrected chi connectivity index (χ3v) is 222. The van der Waals surface area contributed by atoms with Crippen LogP contribution in [0.1, 0.15) is 7.43 Å². The smallest absolute Gasteiger partial charge is 0.0465 e. The largest absolute Gasteiger partial charge is 0.355 e. The van der Waals surface area contributed by atoms with Crippen LogP contribution < -0.4 is 0 Å². The SMILES string of the molecule is C.S=S=S=S=S=S=S=S=S=S=S=S=S=S=S=S=S=S=S=S=S=S=S=S=S=S=S=S=S=S=S=S=S=S=S=S=S=S=S=S=S=S=S=S=S=S=S=S=S=S=S=S=S=S=S=S=S=S=S=S=S=S=S=S=S=S=S=S=S=S=S=S=S=S=S=S=S=S=S=S=S=S=S=S=S=S=S=S=S=S=S=S=S=S=S=S=S=S=S=S.c1ccc(-c2ccc3[nH]c4ccccc4c3c2)cc1. The fourth-order valence-corrected chi connectivity index (χ4v) is 267. The van der Waals surface area contributed by atoms with Crippen molar-refractivity contribution >= 4 is 914 Å². The van der Waals surface area contributed by atoms with Gasteiger partial charge in [-0.15, -0.1) is 0 Å². The van der Waals surface area contributed by atoms with Crippen molar-refractivity contribution in [1.29, 1.82) is 0 Å². The summed E-state index contributed by atoms with van der Waals surface area (Å²) in [5.41, 5.74) is 4.91. The molecule has 1 N–H and O–H groups in total. The van der Waals surface area contributed by atoms with Crippen molar-refractivity contribution in [1.82, 2.24) is 4.98 Å². The predicted molar refractivity (Wildman–Crippen MR) is 824 cm³/mol. The lowest BCUT2D eigenvalue weighted by molar-refractivity contribution is 1.54. The molecular formula is C19H17NS100. The molecule has 0 unspecified atom stereocenters. The highest BCUT2D eigenvalue weighted by atomic mass is 33.6. The Morgan fingerprint density at radius 1 is 0.133 bits per heavy atom. The monoisotopic (exact) mass is 3460 g/mol. The molecule has 4 rings (SSSR count). The second-order valence-electron chi connectivity index (χ2n) is 11.5. The molecule has 0 amide bonds. The third kappa shape index (κ3) is 99.4. The summed E-state index contributed by atoms with van der Waals surface area (Å²) < 4.78 is 0. The number of H-pyrrole nitrogens is 1. The second-order valence-corrected chi connectivity index (χ2v) is 185.